The van der Waals surface area contributed by atoms with Gasteiger partial charge in [0.1, 0.15) is 33.0 Å². The molecular formula is C31H26N9Na3O12S3. The first-order chi connectivity index (χ1) is 25.9. The normalized spacial score (nSPS) is 12.5. The number of ether oxygens (including phenoxy) is 2. The smallest absolute Gasteiger partial charge is 0.846 e. The van der Waals surface area contributed by atoms with Crippen molar-refractivity contribution in [3.05, 3.63) is 96.2 Å². The van der Waals surface area contributed by atoms with Gasteiger partial charge in [0, 0.05) is 17.9 Å². The van der Waals surface area contributed by atoms with Crippen LogP contribution in [0.1, 0.15) is 6.42 Å². The molecule has 0 aliphatic carbocycles. The van der Waals surface area contributed by atoms with Gasteiger partial charge >= 0.3 is 88.7 Å². The first kappa shape index (κ1) is 51.0. The van der Waals surface area contributed by atoms with Crippen molar-refractivity contribution in [3.63, 3.8) is 0 Å². The molecule has 27 heteroatoms. The van der Waals surface area contributed by atoms with Gasteiger partial charge in [-0.25, -0.2) is 31.8 Å². The molecule has 0 atom stereocenters. The molecule has 0 aliphatic heterocycles. The van der Waals surface area contributed by atoms with Crippen LogP contribution in [0.5, 0.6) is 17.5 Å². The van der Waals surface area contributed by atoms with Crippen LogP contribution >= 0.6 is 0 Å². The average Bonchev–Trinajstić information content (AvgIpc) is 3.12. The van der Waals surface area contributed by atoms with Crippen LogP contribution in [0.3, 0.4) is 0 Å². The topological polar surface area (TPSA) is 329 Å². The maximum atomic E-state index is 12.5. The van der Waals surface area contributed by atoms with Crippen molar-refractivity contribution in [2.75, 3.05) is 19.5 Å². The van der Waals surface area contributed by atoms with Gasteiger partial charge in [0.05, 0.1) is 62.4 Å². The number of nitrogens with one attached hydrogen (secondary N) is 2. The van der Waals surface area contributed by atoms with E-state index < -0.39 is 51.9 Å². The SMILES string of the molecule is COc1cc(N=Nc2cccc(S(=O)(=O)[O-])c2)ccc1N=c1nc([O-])[nH]c(=Nc2ccc(N=Nc3cccc(S(=O)(=O)O)c3)cc2OCCCS(=O)(=O)[O-])[nH]1.[Na+].[Na+].[Na+]. The molecule has 21 nitrogen and oxygen atoms in total. The zero-order valence-electron chi connectivity index (χ0n) is 31.0. The number of benzene rings is 4. The van der Waals surface area contributed by atoms with E-state index in [9.17, 15) is 44.0 Å². The summed E-state index contributed by atoms with van der Waals surface area (Å²) in [5, 5.41) is 28.5. The van der Waals surface area contributed by atoms with Crippen LogP contribution in [-0.4, -0.2) is 73.3 Å². The Bertz CT molecular complexity index is 2790. The van der Waals surface area contributed by atoms with Gasteiger partial charge in [0.25, 0.3) is 10.1 Å². The number of hydrogen-bond acceptors (Lipinski definition) is 18. The van der Waals surface area contributed by atoms with Gasteiger partial charge in [-0.2, -0.15) is 28.9 Å². The summed E-state index contributed by atoms with van der Waals surface area (Å²) < 4.78 is 111. The second-order valence-corrected chi connectivity index (χ2v) is 15.2. The minimum Gasteiger partial charge on any atom is -0.846 e. The Balaban J connectivity index is 0.00000387. The summed E-state index contributed by atoms with van der Waals surface area (Å²) in [4.78, 5) is 16.8. The second-order valence-electron chi connectivity index (χ2n) is 10.9. The number of aromatic nitrogens is 3. The standard InChI is InChI=1S/C31H29N9O12S3.3Na/c1-51-27-17-21(39-37-19-5-2-7-23(15-19)54(45,46)47)9-11-25(27)32-29-34-30(36-31(41)35-29)33-26-12-10-22(18-28(26)52-13-4-14-53(42,43)44)40-38-20-6-3-8-24(16-20)55(48,49)50;;;/h2-3,5-12,15-18H,4,13-14H2,1H3,(H,42,43,44)(H,45,46,47)(H,48,49,50)(H3,32,33,34,35,36,41);;;/q;3*+1/p-3. The first-order valence-corrected chi connectivity index (χ1v) is 19.7. The fourth-order valence-electron chi connectivity index (χ4n) is 4.38. The molecule has 58 heavy (non-hydrogen) atoms. The van der Waals surface area contributed by atoms with E-state index >= 15 is 0 Å². The molecule has 0 radical (unpaired) electrons. The summed E-state index contributed by atoms with van der Waals surface area (Å²) in [6.45, 7) is -0.234. The van der Waals surface area contributed by atoms with Crippen LogP contribution in [0.4, 0.5) is 34.1 Å². The van der Waals surface area contributed by atoms with E-state index in [1.54, 1.807) is 0 Å². The molecule has 0 bridgehead atoms. The van der Waals surface area contributed by atoms with Gasteiger partial charge in [-0.05, 0) is 67.1 Å². The third-order valence-electron chi connectivity index (χ3n) is 6.81. The van der Waals surface area contributed by atoms with Gasteiger partial charge in [0.2, 0.25) is 11.2 Å². The molecule has 0 amide bonds. The summed E-state index contributed by atoms with van der Waals surface area (Å²) >= 11 is 0. The number of nitrogens with zero attached hydrogens (tertiary/aromatic N) is 7. The zero-order chi connectivity index (χ0) is 39.8. The van der Waals surface area contributed by atoms with Crippen molar-refractivity contribution < 1.29 is 142 Å². The zero-order valence-corrected chi connectivity index (χ0v) is 39.4. The molecule has 3 N–H and O–H groups in total. The third-order valence-corrected chi connectivity index (χ3v) is 9.28. The summed E-state index contributed by atoms with van der Waals surface area (Å²) in [7, 11) is -12.4. The summed E-state index contributed by atoms with van der Waals surface area (Å²) in [6, 6.07) is 17.8. The minimum absolute atomic E-state index is 0. The van der Waals surface area contributed by atoms with Gasteiger partial charge in [-0.1, -0.05) is 12.1 Å². The van der Waals surface area contributed by atoms with Crippen LogP contribution in [0.25, 0.3) is 0 Å². The molecule has 0 unspecified atom stereocenters. The molecule has 5 aromatic rings. The average molecular weight is 882 g/mol. The van der Waals surface area contributed by atoms with Crippen molar-refractivity contribution in [3.8, 4) is 17.5 Å². The summed E-state index contributed by atoms with van der Waals surface area (Å²) in [6.07, 6.45) is -0.165. The Labute approximate surface area is 397 Å². The molecule has 0 saturated heterocycles. The monoisotopic (exact) mass is 881 g/mol. The minimum atomic E-state index is -4.69. The number of H-pyrrole nitrogens is 2. The Morgan fingerprint density at radius 2 is 1.21 bits per heavy atom. The molecule has 0 fully saturated rings. The Morgan fingerprint density at radius 1 is 0.690 bits per heavy atom. The van der Waals surface area contributed by atoms with E-state index in [2.05, 4.69) is 45.4 Å². The van der Waals surface area contributed by atoms with E-state index in [1.807, 2.05) is 0 Å². The largest absolute Gasteiger partial charge is 1.00 e. The van der Waals surface area contributed by atoms with Crippen molar-refractivity contribution in [1.29, 1.82) is 0 Å². The summed E-state index contributed by atoms with van der Waals surface area (Å²) in [5.41, 5.74) is 0.534. The molecule has 4 aromatic carbocycles. The van der Waals surface area contributed by atoms with Crippen LogP contribution in [0.2, 0.25) is 0 Å². The van der Waals surface area contributed by atoms with Gasteiger partial charge < -0.3 is 28.7 Å². The maximum Gasteiger partial charge on any atom is 1.00 e. The second kappa shape index (κ2) is 22.4. The van der Waals surface area contributed by atoms with Crippen LogP contribution in [-0.2, 0) is 30.4 Å². The number of hydrogen-bond donors (Lipinski definition) is 3. The molecular weight excluding hydrogens is 856 g/mol. The quantitative estimate of drug-likeness (QED) is 0.0407. The predicted octanol–water partition coefficient (Wildman–Crippen LogP) is -5.41. The molecule has 0 saturated carbocycles. The molecule has 0 spiro atoms. The molecule has 1 heterocycles. The predicted molar refractivity (Wildman–Crippen MR) is 186 cm³/mol. The van der Waals surface area contributed by atoms with E-state index in [0.717, 1.165) is 18.2 Å². The molecule has 288 valence electrons. The van der Waals surface area contributed by atoms with E-state index in [4.69, 9.17) is 9.47 Å². The van der Waals surface area contributed by atoms with Crippen LogP contribution < -0.4 is 114 Å². The van der Waals surface area contributed by atoms with E-state index in [1.165, 1.54) is 73.8 Å². The number of aromatic amines is 2. The van der Waals surface area contributed by atoms with Crippen molar-refractivity contribution in [1.82, 2.24) is 15.0 Å². The number of azo groups is 2. The van der Waals surface area contributed by atoms with Crippen LogP contribution in [0, 0.1) is 0 Å². The third kappa shape index (κ3) is 15.8. The van der Waals surface area contributed by atoms with Crippen molar-refractivity contribution in [2.24, 2.45) is 30.4 Å². The Kier molecular flexibility index (Phi) is 19.7. The first-order valence-electron chi connectivity index (χ1n) is 15.3. The molecule has 1 aromatic heterocycles. The van der Waals surface area contributed by atoms with E-state index in [-0.39, 0.29) is 159 Å². The molecule has 5 rings (SSSR count). The van der Waals surface area contributed by atoms with Crippen molar-refractivity contribution >= 4 is 64.5 Å². The fourth-order valence-corrected chi connectivity index (χ4v) is 5.89. The number of methoxy groups -OCH3 is 1. The Hall–Kier alpha value is -3.18. The molecule has 0 aliphatic rings. The van der Waals surface area contributed by atoms with E-state index in [0.29, 0.717) is 0 Å². The number of rotatable bonds is 14. The fraction of sp³-hybridized carbons (Fsp3) is 0.129. The Morgan fingerprint density at radius 3 is 1.74 bits per heavy atom. The van der Waals surface area contributed by atoms with Crippen molar-refractivity contribution in [2.45, 2.75) is 16.2 Å². The van der Waals surface area contributed by atoms with Crippen LogP contribution in [0.15, 0.2) is 125 Å². The van der Waals surface area contributed by atoms with Gasteiger partial charge in [0.15, 0.2) is 0 Å². The maximum absolute atomic E-state index is 12.5. The summed E-state index contributed by atoms with van der Waals surface area (Å²) in [5.74, 6) is -0.509. The van der Waals surface area contributed by atoms with Gasteiger partial charge in [-0.3, -0.25) is 9.54 Å². The van der Waals surface area contributed by atoms with Gasteiger partial charge in [-0.15, -0.1) is 0 Å².